The van der Waals surface area contributed by atoms with E-state index in [1.54, 1.807) is 12.1 Å². The molecule has 0 atom stereocenters. The van der Waals surface area contributed by atoms with Crippen molar-refractivity contribution in [2.24, 2.45) is 0 Å². The largest absolute Gasteiger partial charge is 0.489 e. The first-order chi connectivity index (χ1) is 11.6. The van der Waals surface area contributed by atoms with Crippen LogP contribution in [0.15, 0.2) is 54.6 Å². The van der Waals surface area contributed by atoms with Crippen LogP contribution in [0.5, 0.6) is 5.75 Å². The minimum absolute atomic E-state index is 0.0979. The molecule has 0 fully saturated rings. The number of nitrogens with one attached hydrogen (secondary N) is 1. The van der Waals surface area contributed by atoms with E-state index in [0.717, 1.165) is 11.3 Å². The summed E-state index contributed by atoms with van der Waals surface area (Å²) in [5, 5.41) is 11.3. The van der Waals surface area contributed by atoms with Gasteiger partial charge in [0.2, 0.25) is 5.91 Å². The number of carbonyl (C=O) groups is 2. The number of carboxylic acids is 1. The standard InChI is InChI=1S/C19H21NO4/c21-18(8-4-5-9-19(22)23)20-16-10-12-17(13-11-16)24-14-15-6-2-1-3-7-15/h1-3,6-7,10-13H,4-5,8-9,14H2,(H,20,21)(H,22,23). The summed E-state index contributed by atoms with van der Waals surface area (Å²) in [4.78, 5) is 22.2. The lowest BCUT2D eigenvalue weighted by molar-refractivity contribution is -0.137. The molecule has 0 aliphatic rings. The number of aliphatic carboxylic acids is 1. The van der Waals surface area contributed by atoms with Gasteiger partial charge in [-0.1, -0.05) is 30.3 Å². The Labute approximate surface area is 141 Å². The van der Waals surface area contributed by atoms with Crippen molar-refractivity contribution in [3.8, 4) is 5.75 Å². The number of unbranched alkanes of at least 4 members (excludes halogenated alkanes) is 1. The highest BCUT2D eigenvalue weighted by molar-refractivity contribution is 5.90. The van der Waals surface area contributed by atoms with Gasteiger partial charge in [-0.15, -0.1) is 0 Å². The third kappa shape index (κ3) is 6.52. The average molecular weight is 327 g/mol. The molecule has 2 N–H and O–H groups in total. The maximum absolute atomic E-state index is 11.8. The predicted molar refractivity (Wildman–Crippen MR) is 91.9 cm³/mol. The summed E-state index contributed by atoms with van der Waals surface area (Å²) in [6.45, 7) is 0.496. The zero-order chi connectivity index (χ0) is 17.2. The number of hydrogen-bond donors (Lipinski definition) is 2. The molecule has 5 heteroatoms. The lowest BCUT2D eigenvalue weighted by atomic mass is 10.2. The van der Waals surface area contributed by atoms with Gasteiger partial charge in [0, 0.05) is 18.5 Å². The fraction of sp³-hybridized carbons (Fsp3) is 0.263. The zero-order valence-electron chi connectivity index (χ0n) is 13.4. The fourth-order valence-corrected chi connectivity index (χ4v) is 2.16. The minimum Gasteiger partial charge on any atom is -0.489 e. The van der Waals surface area contributed by atoms with Crippen molar-refractivity contribution in [3.63, 3.8) is 0 Å². The highest BCUT2D eigenvalue weighted by Gasteiger charge is 2.04. The van der Waals surface area contributed by atoms with E-state index in [-0.39, 0.29) is 12.3 Å². The first-order valence-corrected chi connectivity index (χ1v) is 7.92. The molecular weight excluding hydrogens is 306 g/mol. The van der Waals surface area contributed by atoms with Gasteiger partial charge in [0.05, 0.1) is 0 Å². The number of rotatable bonds is 9. The number of carbonyl (C=O) groups excluding carboxylic acids is 1. The van der Waals surface area contributed by atoms with Crippen LogP contribution in [0.25, 0.3) is 0 Å². The van der Waals surface area contributed by atoms with Crippen LogP contribution in [0.3, 0.4) is 0 Å². The van der Waals surface area contributed by atoms with Gasteiger partial charge in [0.25, 0.3) is 0 Å². The van der Waals surface area contributed by atoms with Crippen molar-refractivity contribution in [3.05, 3.63) is 60.2 Å². The molecule has 2 rings (SSSR count). The van der Waals surface area contributed by atoms with Gasteiger partial charge in [0.1, 0.15) is 12.4 Å². The van der Waals surface area contributed by atoms with Crippen molar-refractivity contribution in [2.45, 2.75) is 32.3 Å². The van der Waals surface area contributed by atoms with E-state index < -0.39 is 5.97 Å². The van der Waals surface area contributed by atoms with Crippen molar-refractivity contribution < 1.29 is 19.4 Å². The second-order valence-electron chi connectivity index (χ2n) is 5.45. The quantitative estimate of drug-likeness (QED) is 0.686. The third-order valence-corrected chi connectivity index (χ3v) is 3.43. The van der Waals surface area contributed by atoms with E-state index >= 15 is 0 Å². The molecule has 0 heterocycles. The normalized spacial score (nSPS) is 10.2. The van der Waals surface area contributed by atoms with E-state index in [1.807, 2.05) is 42.5 Å². The summed E-state index contributed by atoms with van der Waals surface area (Å²) in [6.07, 6.45) is 1.49. The summed E-state index contributed by atoms with van der Waals surface area (Å²) in [7, 11) is 0. The highest BCUT2D eigenvalue weighted by atomic mass is 16.5. The van der Waals surface area contributed by atoms with Gasteiger partial charge in [-0.2, -0.15) is 0 Å². The lowest BCUT2D eigenvalue weighted by Crippen LogP contribution is -2.11. The molecular formula is C19H21NO4. The molecule has 0 radical (unpaired) electrons. The van der Waals surface area contributed by atoms with Gasteiger partial charge >= 0.3 is 5.97 Å². The molecule has 0 saturated heterocycles. The van der Waals surface area contributed by atoms with E-state index in [4.69, 9.17) is 9.84 Å². The second-order valence-corrected chi connectivity index (χ2v) is 5.45. The predicted octanol–water partition coefficient (Wildman–Crippen LogP) is 3.85. The molecule has 0 aliphatic heterocycles. The van der Waals surface area contributed by atoms with Gasteiger partial charge in [-0.25, -0.2) is 0 Å². The second kappa shape index (κ2) is 9.35. The summed E-state index contributed by atoms with van der Waals surface area (Å²) in [5.41, 5.74) is 1.79. The molecule has 5 nitrogen and oxygen atoms in total. The Kier molecular flexibility index (Phi) is 6.83. The van der Waals surface area contributed by atoms with Gasteiger partial charge in [-0.3, -0.25) is 9.59 Å². The molecule has 0 aliphatic carbocycles. The molecule has 0 spiro atoms. The third-order valence-electron chi connectivity index (χ3n) is 3.43. The number of carboxylic acid groups (broad SMARTS) is 1. The molecule has 24 heavy (non-hydrogen) atoms. The monoisotopic (exact) mass is 327 g/mol. The number of anilines is 1. The molecule has 0 unspecified atom stereocenters. The topological polar surface area (TPSA) is 75.6 Å². The molecule has 0 aromatic heterocycles. The Morgan fingerprint density at radius 2 is 1.58 bits per heavy atom. The summed E-state index contributed by atoms with van der Waals surface area (Å²) in [6, 6.07) is 17.1. The Balaban J connectivity index is 1.73. The van der Waals surface area contributed by atoms with Crippen LogP contribution in [-0.4, -0.2) is 17.0 Å². The van der Waals surface area contributed by atoms with Crippen LogP contribution >= 0.6 is 0 Å². The molecule has 0 saturated carbocycles. The maximum Gasteiger partial charge on any atom is 0.303 e. The van der Waals surface area contributed by atoms with Crippen LogP contribution in [0, 0.1) is 0 Å². The van der Waals surface area contributed by atoms with Crippen LogP contribution in [0.1, 0.15) is 31.2 Å². The summed E-state index contributed by atoms with van der Waals surface area (Å²) >= 11 is 0. The number of hydrogen-bond acceptors (Lipinski definition) is 3. The smallest absolute Gasteiger partial charge is 0.303 e. The van der Waals surface area contributed by atoms with Gasteiger partial charge < -0.3 is 15.2 Å². The minimum atomic E-state index is -0.832. The van der Waals surface area contributed by atoms with Gasteiger partial charge in [-0.05, 0) is 42.7 Å². The summed E-state index contributed by atoms with van der Waals surface area (Å²) < 4.78 is 5.69. The zero-order valence-corrected chi connectivity index (χ0v) is 13.4. The van der Waals surface area contributed by atoms with E-state index in [9.17, 15) is 9.59 Å². The SMILES string of the molecule is O=C(O)CCCCC(=O)Nc1ccc(OCc2ccccc2)cc1. The first-order valence-electron chi connectivity index (χ1n) is 7.92. The van der Waals surface area contributed by atoms with Crippen LogP contribution in [0.4, 0.5) is 5.69 Å². The van der Waals surface area contributed by atoms with Crippen molar-refractivity contribution in [1.29, 1.82) is 0 Å². The van der Waals surface area contributed by atoms with Crippen LogP contribution in [-0.2, 0) is 16.2 Å². The van der Waals surface area contributed by atoms with Gasteiger partial charge in [0.15, 0.2) is 0 Å². The lowest BCUT2D eigenvalue weighted by Gasteiger charge is -2.08. The molecule has 2 aromatic carbocycles. The van der Waals surface area contributed by atoms with Crippen molar-refractivity contribution in [1.82, 2.24) is 0 Å². The maximum atomic E-state index is 11.8. The van der Waals surface area contributed by atoms with Crippen LogP contribution < -0.4 is 10.1 Å². The number of benzene rings is 2. The molecule has 126 valence electrons. The average Bonchev–Trinajstić information content (AvgIpc) is 2.59. The van der Waals surface area contributed by atoms with E-state index in [0.29, 0.717) is 31.6 Å². The summed E-state index contributed by atoms with van der Waals surface area (Å²) in [5.74, 6) is -0.210. The number of ether oxygens (including phenoxy) is 1. The van der Waals surface area contributed by atoms with E-state index in [1.165, 1.54) is 0 Å². The Bertz CT molecular complexity index is 653. The number of amides is 1. The molecule has 0 bridgehead atoms. The fourth-order valence-electron chi connectivity index (χ4n) is 2.16. The van der Waals surface area contributed by atoms with E-state index in [2.05, 4.69) is 5.32 Å². The van der Waals surface area contributed by atoms with Crippen molar-refractivity contribution >= 4 is 17.6 Å². The molecule has 1 amide bonds. The molecule has 2 aromatic rings. The first kappa shape index (κ1) is 17.5. The Morgan fingerprint density at radius 3 is 2.25 bits per heavy atom. The van der Waals surface area contributed by atoms with Crippen LogP contribution in [0.2, 0.25) is 0 Å². The Hall–Kier alpha value is -2.82. The van der Waals surface area contributed by atoms with Crippen molar-refractivity contribution in [2.75, 3.05) is 5.32 Å². The Morgan fingerprint density at radius 1 is 0.917 bits per heavy atom. The highest BCUT2D eigenvalue weighted by Crippen LogP contribution is 2.17.